The molecule has 0 saturated heterocycles. The number of anilines is 1. The minimum absolute atomic E-state index is 0.105. The number of hydrogen-bond acceptors (Lipinski definition) is 5. The highest BCUT2D eigenvalue weighted by atomic mass is 16.5. The van der Waals surface area contributed by atoms with E-state index in [-0.39, 0.29) is 12.4 Å². The van der Waals surface area contributed by atoms with E-state index in [9.17, 15) is 4.79 Å². The fourth-order valence-electron chi connectivity index (χ4n) is 2.10. The highest BCUT2D eigenvalue weighted by molar-refractivity contribution is 6.00. The van der Waals surface area contributed by atoms with Crippen molar-refractivity contribution < 1.29 is 19.0 Å². The van der Waals surface area contributed by atoms with E-state index in [1.54, 1.807) is 43.5 Å². The van der Waals surface area contributed by atoms with Crippen molar-refractivity contribution in [2.45, 2.75) is 6.92 Å². The topological polar surface area (TPSA) is 70.8 Å². The SMILES string of the molecule is COc1cc(C(=O)COc2cccc(N)c2)c(OC)cc1C. The Bertz CT molecular complexity index is 682. The molecule has 0 aliphatic heterocycles. The van der Waals surface area contributed by atoms with Gasteiger partial charge in [0.05, 0.1) is 19.8 Å². The third-order valence-corrected chi connectivity index (χ3v) is 3.25. The summed E-state index contributed by atoms with van der Waals surface area (Å²) >= 11 is 0. The smallest absolute Gasteiger partial charge is 0.204 e. The molecule has 0 saturated carbocycles. The lowest BCUT2D eigenvalue weighted by atomic mass is 10.1. The van der Waals surface area contributed by atoms with Crippen molar-refractivity contribution in [1.29, 1.82) is 0 Å². The third-order valence-electron chi connectivity index (χ3n) is 3.25. The van der Waals surface area contributed by atoms with E-state index in [0.29, 0.717) is 28.5 Å². The van der Waals surface area contributed by atoms with Gasteiger partial charge in [-0.1, -0.05) is 6.07 Å². The number of carbonyl (C=O) groups is 1. The second-order valence-corrected chi connectivity index (χ2v) is 4.81. The first kappa shape index (κ1) is 15.7. The largest absolute Gasteiger partial charge is 0.496 e. The molecule has 5 nitrogen and oxygen atoms in total. The molecule has 2 N–H and O–H groups in total. The number of nitrogens with two attached hydrogens (primary N) is 1. The van der Waals surface area contributed by atoms with Gasteiger partial charge in [-0.25, -0.2) is 0 Å². The fourth-order valence-corrected chi connectivity index (χ4v) is 2.10. The van der Waals surface area contributed by atoms with E-state index in [2.05, 4.69) is 0 Å². The quantitative estimate of drug-likeness (QED) is 0.656. The monoisotopic (exact) mass is 301 g/mol. The number of methoxy groups -OCH3 is 2. The number of ether oxygens (including phenoxy) is 3. The number of carbonyl (C=O) groups excluding carboxylic acids is 1. The van der Waals surface area contributed by atoms with Crippen LogP contribution in [0.3, 0.4) is 0 Å². The summed E-state index contributed by atoms with van der Waals surface area (Å²) in [5.41, 5.74) is 7.58. The molecule has 0 bridgehead atoms. The van der Waals surface area contributed by atoms with Gasteiger partial charge in [0, 0.05) is 11.8 Å². The summed E-state index contributed by atoms with van der Waals surface area (Å²) in [5, 5.41) is 0. The molecule has 0 aliphatic carbocycles. The van der Waals surface area contributed by atoms with E-state index in [0.717, 1.165) is 5.56 Å². The summed E-state index contributed by atoms with van der Waals surface area (Å²) in [6.45, 7) is 1.78. The molecule has 0 spiro atoms. The molecule has 0 amide bonds. The maximum Gasteiger partial charge on any atom is 0.204 e. The summed E-state index contributed by atoms with van der Waals surface area (Å²) < 4.78 is 16.0. The van der Waals surface area contributed by atoms with Crippen LogP contribution in [-0.4, -0.2) is 26.6 Å². The molecule has 0 aromatic heterocycles. The number of nitrogen functional groups attached to an aromatic ring is 1. The normalized spacial score (nSPS) is 10.1. The predicted molar refractivity (Wildman–Crippen MR) is 85.0 cm³/mol. The summed E-state index contributed by atoms with van der Waals surface area (Å²) in [4.78, 5) is 12.4. The zero-order valence-electron chi connectivity index (χ0n) is 12.9. The molecule has 0 fully saturated rings. The van der Waals surface area contributed by atoms with Crippen molar-refractivity contribution in [1.82, 2.24) is 0 Å². The molecule has 0 heterocycles. The van der Waals surface area contributed by atoms with Crippen molar-refractivity contribution in [2.75, 3.05) is 26.6 Å². The highest BCUT2D eigenvalue weighted by Crippen LogP contribution is 2.28. The van der Waals surface area contributed by atoms with Crippen LogP contribution < -0.4 is 19.9 Å². The number of ketones is 1. The first-order valence-corrected chi connectivity index (χ1v) is 6.79. The van der Waals surface area contributed by atoms with Gasteiger partial charge in [-0.15, -0.1) is 0 Å². The first-order chi connectivity index (χ1) is 10.5. The third kappa shape index (κ3) is 3.49. The number of Topliss-reactive ketones (excluding diaryl/α,β-unsaturated/α-hetero) is 1. The Balaban J connectivity index is 2.18. The summed E-state index contributed by atoms with van der Waals surface area (Å²) in [6, 6.07) is 10.4. The molecule has 2 rings (SSSR count). The van der Waals surface area contributed by atoms with Gasteiger partial charge in [-0.05, 0) is 36.8 Å². The van der Waals surface area contributed by atoms with Crippen LogP contribution >= 0.6 is 0 Å². The van der Waals surface area contributed by atoms with Crippen LogP contribution in [-0.2, 0) is 0 Å². The van der Waals surface area contributed by atoms with Crippen LogP contribution in [0.25, 0.3) is 0 Å². The summed E-state index contributed by atoms with van der Waals surface area (Å²) in [5.74, 6) is 1.48. The minimum Gasteiger partial charge on any atom is -0.496 e. The van der Waals surface area contributed by atoms with Crippen LogP contribution in [0.2, 0.25) is 0 Å². The Labute approximate surface area is 129 Å². The zero-order valence-corrected chi connectivity index (χ0v) is 12.9. The molecule has 5 heteroatoms. The Morgan fingerprint density at radius 1 is 1.09 bits per heavy atom. The van der Waals surface area contributed by atoms with E-state index < -0.39 is 0 Å². The standard InChI is InChI=1S/C17H19NO4/c1-11-7-17(21-3)14(9-16(11)20-2)15(19)10-22-13-6-4-5-12(18)8-13/h4-9H,10,18H2,1-3H3. The van der Waals surface area contributed by atoms with E-state index in [1.165, 1.54) is 7.11 Å². The van der Waals surface area contributed by atoms with Gasteiger partial charge in [0.15, 0.2) is 6.61 Å². The van der Waals surface area contributed by atoms with Crippen LogP contribution in [0, 0.1) is 6.92 Å². The molecular weight excluding hydrogens is 282 g/mol. The minimum atomic E-state index is -0.197. The maximum absolute atomic E-state index is 12.4. The lowest BCUT2D eigenvalue weighted by Crippen LogP contribution is -2.13. The van der Waals surface area contributed by atoms with Gasteiger partial charge in [0.25, 0.3) is 0 Å². The second kappa shape index (κ2) is 6.85. The maximum atomic E-state index is 12.4. The molecule has 2 aromatic carbocycles. The van der Waals surface area contributed by atoms with Crippen molar-refractivity contribution >= 4 is 11.5 Å². The van der Waals surface area contributed by atoms with Gasteiger partial charge in [-0.3, -0.25) is 4.79 Å². The van der Waals surface area contributed by atoms with Crippen LogP contribution in [0.4, 0.5) is 5.69 Å². The average Bonchev–Trinajstić information content (AvgIpc) is 2.52. The van der Waals surface area contributed by atoms with E-state index in [4.69, 9.17) is 19.9 Å². The first-order valence-electron chi connectivity index (χ1n) is 6.79. The van der Waals surface area contributed by atoms with Gasteiger partial charge < -0.3 is 19.9 Å². The van der Waals surface area contributed by atoms with Crippen molar-refractivity contribution in [2.24, 2.45) is 0 Å². The highest BCUT2D eigenvalue weighted by Gasteiger charge is 2.16. The van der Waals surface area contributed by atoms with Crippen LogP contribution in [0.5, 0.6) is 17.2 Å². The number of benzene rings is 2. The number of aryl methyl sites for hydroxylation is 1. The molecular formula is C17H19NO4. The average molecular weight is 301 g/mol. The van der Waals surface area contributed by atoms with Crippen LogP contribution in [0.15, 0.2) is 36.4 Å². The Morgan fingerprint density at radius 3 is 2.45 bits per heavy atom. The Morgan fingerprint density at radius 2 is 1.82 bits per heavy atom. The van der Waals surface area contributed by atoms with Gasteiger partial charge in [-0.2, -0.15) is 0 Å². The molecule has 22 heavy (non-hydrogen) atoms. The molecule has 116 valence electrons. The summed E-state index contributed by atoms with van der Waals surface area (Å²) in [6.07, 6.45) is 0. The van der Waals surface area contributed by atoms with Gasteiger partial charge >= 0.3 is 0 Å². The molecule has 0 aliphatic rings. The van der Waals surface area contributed by atoms with E-state index in [1.807, 2.05) is 6.92 Å². The summed E-state index contributed by atoms with van der Waals surface area (Å²) in [7, 11) is 3.09. The zero-order chi connectivity index (χ0) is 16.1. The molecule has 0 radical (unpaired) electrons. The Hall–Kier alpha value is -2.69. The second-order valence-electron chi connectivity index (χ2n) is 4.81. The van der Waals surface area contributed by atoms with Crippen molar-refractivity contribution in [3.63, 3.8) is 0 Å². The van der Waals surface area contributed by atoms with Crippen molar-refractivity contribution in [3.8, 4) is 17.2 Å². The lowest BCUT2D eigenvalue weighted by Gasteiger charge is -2.13. The van der Waals surface area contributed by atoms with Crippen LogP contribution in [0.1, 0.15) is 15.9 Å². The van der Waals surface area contributed by atoms with Crippen molar-refractivity contribution in [3.05, 3.63) is 47.5 Å². The number of hydrogen-bond donors (Lipinski definition) is 1. The number of rotatable bonds is 6. The van der Waals surface area contributed by atoms with Gasteiger partial charge in [0.1, 0.15) is 17.2 Å². The molecule has 0 atom stereocenters. The van der Waals surface area contributed by atoms with Gasteiger partial charge in [0.2, 0.25) is 5.78 Å². The van der Waals surface area contributed by atoms with E-state index >= 15 is 0 Å². The predicted octanol–water partition coefficient (Wildman–Crippen LogP) is 2.86. The Kier molecular flexibility index (Phi) is 4.88. The lowest BCUT2D eigenvalue weighted by molar-refractivity contribution is 0.0918. The fraction of sp³-hybridized carbons (Fsp3) is 0.235. The molecule has 2 aromatic rings. The molecule has 0 unspecified atom stereocenters.